The van der Waals surface area contributed by atoms with E-state index in [2.05, 4.69) is 37.7 Å². The highest BCUT2D eigenvalue weighted by Crippen LogP contribution is 2.69. The first-order valence-electron chi connectivity index (χ1n) is 17.7. The minimum atomic E-state index is -3.92. The number of sulfonamides is 1. The van der Waals surface area contributed by atoms with Crippen molar-refractivity contribution < 1.29 is 23.4 Å². The summed E-state index contributed by atoms with van der Waals surface area (Å²) >= 11 is 0. The van der Waals surface area contributed by atoms with Crippen molar-refractivity contribution in [2.45, 2.75) is 128 Å². The number of fused-ring (bicyclic) bond motifs is 6. The first kappa shape index (κ1) is 32.3. The number of urea groups is 1. The van der Waals surface area contributed by atoms with Gasteiger partial charge in [-0.15, -0.1) is 0 Å². The minimum Gasteiger partial charge on any atom is -0.393 e. The van der Waals surface area contributed by atoms with E-state index in [1.165, 1.54) is 12.0 Å². The van der Waals surface area contributed by atoms with E-state index >= 15 is 0 Å². The second kappa shape index (κ2) is 12.2. The molecule has 7 nitrogen and oxygen atoms in total. The lowest BCUT2D eigenvalue weighted by Gasteiger charge is -2.64. The highest BCUT2D eigenvalue weighted by molar-refractivity contribution is 7.90. The summed E-state index contributed by atoms with van der Waals surface area (Å²) in [5, 5.41) is 25.3. The van der Waals surface area contributed by atoms with Gasteiger partial charge >= 0.3 is 6.03 Å². The quantitative estimate of drug-likeness (QED) is 0.287. The van der Waals surface area contributed by atoms with Crippen molar-refractivity contribution in [1.82, 2.24) is 10.0 Å². The fourth-order valence-corrected chi connectivity index (χ4v) is 12.6. The Balaban J connectivity index is 1.07. The molecule has 0 spiro atoms. The average Bonchev–Trinajstić information content (AvgIpc) is 3.35. The molecule has 11 atom stereocenters. The number of hydrogen-bond acceptors (Lipinski definition) is 5. The van der Waals surface area contributed by atoms with Gasteiger partial charge in [-0.1, -0.05) is 40.2 Å². The van der Waals surface area contributed by atoms with Gasteiger partial charge < -0.3 is 15.5 Å². The monoisotopic (exact) mass is 628 g/mol. The summed E-state index contributed by atoms with van der Waals surface area (Å²) in [6.07, 6.45) is 12.7. The Bertz CT molecular complexity index is 1330. The molecule has 2 amide bonds. The molecule has 4 saturated carbocycles. The molecule has 4 N–H and O–H groups in total. The van der Waals surface area contributed by atoms with E-state index in [1.54, 1.807) is 12.1 Å². The van der Waals surface area contributed by atoms with Crippen molar-refractivity contribution in [3.63, 3.8) is 0 Å². The average molecular weight is 629 g/mol. The molecule has 4 fully saturated rings. The van der Waals surface area contributed by atoms with Crippen LogP contribution in [0.5, 0.6) is 0 Å². The molecular formula is C36H56N2O5S. The molecule has 5 aliphatic carbocycles. The topological polar surface area (TPSA) is 116 Å². The van der Waals surface area contributed by atoms with Gasteiger partial charge in [0, 0.05) is 6.54 Å². The number of carbonyl (C=O) groups excluding carboxylic acids is 1. The largest absolute Gasteiger partial charge is 0.393 e. The first-order chi connectivity index (χ1) is 20.9. The highest BCUT2D eigenvalue weighted by atomic mass is 32.2. The van der Waals surface area contributed by atoms with Gasteiger partial charge in [0.2, 0.25) is 0 Å². The van der Waals surface area contributed by atoms with Gasteiger partial charge in [-0.3, -0.25) is 0 Å². The van der Waals surface area contributed by atoms with Gasteiger partial charge in [0.1, 0.15) is 0 Å². The molecule has 5 aliphatic rings. The SMILES string of the molecule is CC[C@H]1[C@@H](O)[C@@H]2[C@H](CC[C@]3(C)[C@@H]([C@H](C)CCNC(=O)NS(=O)(=O)c4ccc5c(c4)CCCC5)CC[C@@H]23)[C@@]2(C)CC[C@@H](O)C[C@@H]12. The predicted octanol–water partition coefficient (Wildman–Crippen LogP) is 6.21. The van der Waals surface area contributed by atoms with Crippen LogP contribution in [0.4, 0.5) is 4.79 Å². The van der Waals surface area contributed by atoms with Crippen molar-refractivity contribution in [3.05, 3.63) is 29.3 Å². The summed E-state index contributed by atoms with van der Waals surface area (Å²) in [5.74, 6) is 2.91. The summed E-state index contributed by atoms with van der Waals surface area (Å²) < 4.78 is 28.1. The molecule has 8 heteroatoms. The zero-order valence-corrected chi connectivity index (χ0v) is 28.2. The fourth-order valence-electron chi connectivity index (χ4n) is 11.6. The summed E-state index contributed by atoms with van der Waals surface area (Å²) in [6.45, 7) is 9.90. The lowest BCUT2D eigenvalue weighted by Crippen LogP contribution is -2.62. The number of amides is 2. The van der Waals surface area contributed by atoms with Gasteiger partial charge in [0.15, 0.2) is 0 Å². The maximum atomic E-state index is 12.9. The molecule has 246 valence electrons. The third-order valence-electron chi connectivity index (χ3n) is 13.9. The van der Waals surface area contributed by atoms with Crippen LogP contribution in [0.25, 0.3) is 0 Å². The normalized spacial score (nSPS) is 40.6. The molecule has 0 unspecified atom stereocenters. The summed E-state index contributed by atoms with van der Waals surface area (Å²) in [7, 11) is -3.92. The lowest BCUT2D eigenvalue weighted by molar-refractivity contribution is -0.203. The maximum absolute atomic E-state index is 12.9. The zero-order valence-electron chi connectivity index (χ0n) is 27.4. The van der Waals surface area contributed by atoms with E-state index in [9.17, 15) is 23.4 Å². The fraction of sp³-hybridized carbons (Fsp3) is 0.806. The molecule has 0 radical (unpaired) electrons. The standard InChI is InChI=1S/C36H56N2O5S/c1-5-27-31-21-25(39)14-17-36(31,4)30-15-18-35(3)28(12-13-29(35)32(30)33(27)40)22(2)16-19-37-34(41)38-44(42,43)26-11-10-23-8-6-7-9-24(23)20-26/h10-11,20,22,25,27-33,39-40H,5-9,12-19,21H2,1-4H3,(H2,37,38,41)/t22-,25-,27-,28-,29+,30+,31+,32+,33-,35-,36-/m1/s1. The molecule has 1 aromatic rings. The van der Waals surface area contributed by atoms with Crippen LogP contribution < -0.4 is 10.0 Å². The predicted molar refractivity (Wildman–Crippen MR) is 172 cm³/mol. The second-order valence-electron chi connectivity index (χ2n) is 15.9. The molecule has 0 aromatic heterocycles. The summed E-state index contributed by atoms with van der Waals surface area (Å²) in [6, 6.07) is 4.56. The molecule has 6 rings (SSSR count). The van der Waals surface area contributed by atoms with E-state index in [-0.39, 0.29) is 33.9 Å². The van der Waals surface area contributed by atoms with E-state index in [1.807, 2.05) is 6.07 Å². The number of aryl methyl sites for hydroxylation is 2. The Morgan fingerprint density at radius 1 is 0.977 bits per heavy atom. The molecule has 0 saturated heterocycles. The van der Waals surface area contributed by atoms with Gasteiger partial charge in [-0.25, -0.2) is 17.9 Å². The van der Waals surface area contributed by atoms with Crippen molar-refractivity contribution in [1.29, 1.82) is 0 Å². The third-order valence-corrected chi connectivity index (χ3v) is 15.2. The number of rotatable bonds is 7. The van der Waals surface area contributed by atoms with E-state index < -0.39 is 16.1 Å². The van der Waals surface area contributed by atoms with Crippen LogP contribution in [0, 0.1) is 52.3 Å². The second-order valence-corrected chi connectivity index (χ2v) is 17.6. The van der Waals surface area contributed by atoms with Gasteiger partial charge in [-0.05, 0) is 153 Å². The first-order valence-corrected chi connectivity index (χ1v) is 19.2. The van der Waals surface area contributed by atoms with Gasteiger partial charge in [0.05, 0.1) is 17.1 Å². The number of hydrogen-bond donors (Lipinski definition) is 4. The van der Waals surface area contributed by atoms with E-state index in [0.717, 1.165) is 82.6 Å². The highest BCUT2D eigenvalue weighted by Gasteiger charge is 2.64. The smallest absolute Gasteiger partial charge is 0.328 e. The molecular weight excluding hydrogens is 572 g/mol. The van der Waals surface area contributed by atoms with Crippen molar-refractivity contribution in [3.8, 4) is 0 Å². The number of nitrogens with one attached hydrogen (secondary N) is 2. The van der Waals surface area contributed by atoms with Crippen molar-refractivity contribution in [2.24, 2.45) is 52.3 Å². The number of carbonyl (C=O) groups is 1. The summed E-state index contributed by atoms with van der Waals surface area (Å²) in [4.78, 5) is 12.8. The third kappa shape index (κ3) is 5.53. The van der Waals surface area contributed by atoms with Crippen molar-refractivity contribution >= 4 is 16.1 Å². The van der Waals surface area contributed by atoms with E-state index in [4.69, 9.17) is 0 Å². The van der Waals surface area contributed by atoms with Crippen LogP contribution in [0.3, 0.4) is 0 Å². The molecule has 0 aliphatic heterocycles. The number of aliphatic hydroxyl groups is 2. The van der Waals surface area contributed by atoms with Crippen LogP contribution in [-0.2, 0) is 22.9 Å². The Morgan fingerprint density at radius 2 is 1.68 bits per heavy atom. The Hall–Kier alpha value is -1.64. The maximum Gasteiger partial charge on any atom is 0.328 e. The number of benzene rings is 1. The Morgan fingerprint density at radius 3 is 2.43 bits per heavy atom. The Kier molecular flexibility index (Phi) is 8.95. The molecule has 0 heterocycles. The van der Waals surface area contributed by atoms with Crippen LogP contribution in [-0.4, -0.2) is 43.4 Å². The molecule has 1 aromatic carbocycles. The molecule has 0 bridgehead atoms. The van der Waals surface area contributed by atoms with Crippen LogP contribution in [0.2, 0.25) is 0 Å². The van der Waals surface area contributed by atoms with Crippen LogP contribution in [0.1, 0.15) is 109 Å². The van der Waals surface area contributed by atoms with Crippen LogP contribution >= 0.6 is 0 Å². The Labute approximate surface area is 265 Å². The number of aliphatic hydroxyl groups excluding tert-OH is 2. The van der Waals surface area contributed by atoms with Crippen LogP contribution in [0.15, 0.2) is 23.1 Å². The minimum absolute atomic E-state index is 0.155. The van der Waals surface area contributed by atoms with E-state index in [0.29, 0.717) is 42.1 Å². The van der Waals surface area contributed by atoms with Gasteiger partial charge in [0.25, 0.3) is 10.0 Å². The zero-order chi connectivity index (χ0) is 31.4. The van der Waals surface area contributed by atoms with Crippen molar-refractivity contribution in [2.75, 3.05) is 6.54 Å². The molecule has 44 heavy (non-hydrogen) atoms. The lowest BCUT2D eigenvalue weighted by atomic mass is 9.41. The summed E-state index contributed by atoms with van der Waals surface area (Å²) in [5.41, 5.74) is 2.64. The van der Waals surface area contributed by atoms with Gasteiger partial charge in [-0.2, -0.15) is 0 Å².